The van der Waals surface area contributed by atoms with Crippen LogP contribution in [0, 0.1) is 14.9 Å². The number of nitrogens with two attached hydrogens (primary N) is 2. The molecule has 0 aliphatic heterocycles. The molecule has 19 heavy (non-hydrogen) atoms. The maximum Gasteiger partial charge on any atom is 0 e. The second kappa shape index (κ2) is 36.0. The van der Waals surface area contributed by atoms with Gasteiger partial charge in [0.2, 0.25) is 0 Å². The topological polar surface area (TPSA) is 52.0 Å². The summed E-state index contributed by atoms with van der Waals surface area (Å²) in [6.45, 7) is 0. The van der Waals surface area contributed by atoms with Gasteiger partial charge in [-0.05, 0) is 14.1 Å². The molecule has 0 saturated carbocycles. The Balaban J connectivity index is -0.0000000486. The Bertz CT molecular complexity index is 190. The molecule has 0 fully saturated rings. The summed E-state index contributed by atoms with van der Waals surface area (Å²) in [5, 5.41) is 0. The number of hydrogen-bond donors (Lipinski definition) is 2. The van der Waals surface area contributed by atoms with E-state index in [9.17, 15) is 0 Å². The number of rotatable bonds is 0. The molecule has 2 nitrogen and oxygen atoms in total. The number of benzene rings is 2. The van der Waals surface area contributed by atoms with E-state index in [1.165, 1.54) is 14.1 Å². The van der Waals surface area contributed by atoms with Gasteiger partial charge >= 0.3 is 0 Å². The Kier molecular flexibility index (Phi) is 58.9. The smallest absolute Gasteiger partial charge is 0 e. The van der Waals surface area contributed by atoms with Crippen molar-refractivity contribution in [3.05, 3.63) is 87.6 Å². The predicted molar refractivity (Wildman–Crippen MR) is 85.9 cm³/mol. The monoisotopic (exact) mass is 337 g/mol. The zero-order valence-electron chi connectivity index (χ0n) is 12.7. The minimum absolute atomic E-state index is 0. The van der Waals surface area contributed by atoms with E-state index in [2.05, 4.69) is 11.5 Å². The second-order valence-corrected chi connectivity index (χ2v) is 2.31. The fourth-order valence-corrected chi connectivity index (χ4v) is 0.770. The summed E-state index contributed by atoms with van der Waals surface area (Å²) in [5.74, 6) is 0. The molecular formula is C16H28N2Y-2. The van der Waals surface area contributed by atoms with Crippen LogP contribution in [0.3, 0.4) is 0 Å². The molecule has 1 radical (unpaired) electrons. The minimum Gasteiger partial charge on any atom is -0.358 e. The molecule has 0 aliphatic carbocycles. The summed E-state index contributed by atoms with van der Waals surface area (Å²) in [4.78, 5) is 0. The van der Waals surface area contributed by atoms with Crippen LogP contribution in [0.15, 0.2) is 72.8 Å². The van der Waals surface area contributed by atoms with E-state index < -0.39 is 0 Å². The van der Waals surface area contributed by atoms with Gasteiger partial charge in [-0.15, -0.1) is 0 Å². The third-order valence-corrected chi connectivity index (χ3v) is 1.33. The summed E-state index contributed by atoms with van der Waals surface area (Å²) in [6, 6.07) is 24.0. The second-order valence-electron chi connectivity index (χ2n) is 2.31. The SMILES string of the molecule is CN.CN.[CH3-].[CH3-].[Y].c1ccccc1.c1ccccc1. The molecule has 0 spiro atoms. The van der Waals surface area contributed by atoms with Gasteiger partial charge in [-0.25, -0.2) is 0 Å². The summed E-state index contributed by atoms with van der Waals surface area (Å²) in [5.41, 5.74) is 9.00. The quantitative estimate of drug-likeness (QED) is 0.724. The molecule has 2 rings (SSSR count). The Morgan fingerprint density at radius 2 is 0.421 bits per heavy atom. The van der Waals surface area contributed by atoms with Crippen molar-refractivity contribution in [3.63, 3.8) is 0 Å². The van der Waals surface area contributed by atoms with E-state index in [0.29, 0.717) is 0 Å². The van der Waals surface area contributed by atoms with Crippen LogP contribution in [0.1, 0.15) is 0 Å². The minimum atomic E-state index is 0. The van der Waals surface area contributed by atoms with Gasteiger partial charge < -0.3 is 26.3 Å². The molecule has 0 unspecified atom stereocenters. The van der Waals surface area contributed by atoms with Gasteiger partial charge in [-0.3, -0.25) is 0 Å². The van der Waals surface area contributed by atoms with Gasteiger partial charge in [-0.2, -0.15) is 0 Å². The molecule has 4 N–H and O–H groups in total. The molecular weight excluding hydrogens is 309 g/mol. The third kappa shape index (κ3) is 31.8. The van der Waals surface area contributed by atoms with E-state index >= 15 is 0 Å². The van der Waals surface area contributed by atoms with Gasteiger partial charge in [0.1, 0.15) is 0 Å². The van der Waals surface area contributed by atoms with Crippen molar-refractivity contribution in [2.45, 2.75) is 0 Å². The average Bonchev–Trinajstić information content (AvgIpc) is 2.48. The summed E-state index contributed by atoms with van der Waals surface area (Å²) >= 11 is 0. The molecule has 0 atom stereocenters. The van der Waals surface area contributed by atoms with E-state index in [4.69, 9.17) is 0 Å². The van der Waals surface area contributed by atoms with Gasteiger partial charge in [0.05, 0.1) is 0 Å². The Labute approximate surface area is 145 Å². The van der Waals surface area contributed by atoms with Gasteiger partial charge in [0.25, 0.3) is 0 Å². The molecule has 3 heteroatoms. The van der Waals surface area contributed by atoms with Crippen LogP contribution < -0.4 is 11.5 Å². The summed E-state index contributed by atoms with van der Waals surface area (Å²) < 4.78 is 0. The van der Waals surface area contributed by atoms with Gasteiger partial charge in [-0.1, -0.05) is 72.8 Å². The van der Waals surface area contributed by atoms with Crippen molar-refractivity contribution in [1.82, 2.24) is 0 Å². The predicted octanol–water partition coefficient (Wildman–Crippen LogP) is 3.42. The van der Waals surface area contributed by atoms with E-state index in [-0.39, 0.29) is 47.6 Å². The molecule has 0 saturated heterocycles. The first-order valence-electron chi connectivity index (χ1n) is 5.15. The molecule has 2 aromatic carbocycles. The van der Waals surface area contributed by atoms with Crippen LogP contribution >= 0.6 is 0 Å². The van der Waals surface area contributed by atoms with Crippen LogP contribution in [-0.4, -0.2) is 14.1 Å². The van der Waals surface area contributed by atoms with Crippen molar-refractivity contribution in [1.29, 1.82) is 0 Å². The molecule has 2 aromatic rings. The van der Waals surface area contributed by atoms with E-state index in [0.717, 1.165) is 0 Å². The zero-order chi connectivity index (χ0) is 12.5. The molecule has 0 bridgehead atoms. The van der Waals surface area contributed by atoms with Crippen molar-refractivity contribution in [2.75, 3.05) is 14.1 Å². The summed E-state index contributed by atoms with van der Waals surface area (Å²) in [7, 11) is 3.00. The standard InChI is InChI=1S/2C6H6.2CH5N.2CH3.Y/c2*1-2-4-6-5-3-1;2*1-2;;;/h2*1-6H;2*2H2,1H3;2*1H3;/q;;;;2*-1;. The molecule has 107 valence electrons. The molecule has 0 aliphatic rings. The first kappa shape index (κ1) is 31.1. The van der Waals surface area contributed by atoms with Crippen LogP contribution in [0.25, 0.3) is 0 Å². The fraction of sp³-hybridized carbons (Fsp3) is 0.125. The molecule has 0 amide bonds. The average molecular weight is 337 g/mol. The van der Waals surface area contributed by atoms with Crippen LogP contribution in [0.2, 0.25) is 0 Å². The van der Waals surface area contributed by atoms with Gasteiger partial charge in [0.15, 0.2) is 0 Å². The Hall–Kier alpha value is -0.536. The largest absolute Gasteiger partial charge is 0.358 e. The normalized spacial score (nSPS) is 5.68. The van der Waals surface area contributed by atoms with Crippen molar-refractivity contribution in [2.24, 2.45) is 11.5 Å². The Morgan fingerprint density at radius 3 is 0.474 bits per heavy atom. The third-order valence-electron chi connectivity index (χ3n) is 1.33. The van der Waals surface area contributed by atoms with Crippen LogP contribution in [-0.2, 0) is 32.7 Å². The van der Waals surface area contributed by atoms with Crippen molar-refractivity contribution < 1.29 is 32.7 Å². The first-order valence-corrected chi connectivity index (χ1v) is 5.15. The Morgan fingerprint density at radius 1 is 0.368 bits per heavy atom. The van der Waals surface area contributed by atoms with E-state index in [1.807, 2.05) is 72.8 Å². The number of hydrogen-bond acceptors (Lipinski definition) is 2. The maximum absolute atomic E-state index is 4.50. The molecule has 0 aromatic heterocycles. The maximum atomic E-state index is 4.50. The molecule has 0 heterocycles. The van der Waals surface area contributed by atoms with Crippen LogP contribution in [0.5, 0.6) is 0 Å². The van der Waals surface area contributed by atoms with Crippen molar-refractivity contribution in [3.8, 4) is 0 Å². The first-order chi connectivity index (χ1) is 8.00. The van der Waals surface area contributed by atoms with Crippen molar-refractivity contribution >= 4 is 0 Å². The summed E-state index contributed by atoms with van der Waals surface area (Å²) in [6.07, 6.45) is 0. The fourth-order valence-electron chi connectivity index (χ4n) is 0.770. The zero-order valence-corrected chi connectivity index (χ0v) is 15.5. The van der Waals surface area contributed by atoms with E-state index in [1.54, 1.807) is 0 Å². The van der Waals surface area contributed by atoms with Gasteiger partial charge in [0, 0.05) is 32.7 Å². The van der Waals surface area contributed by atoms with Crippen LogP contribution in [0.4, 0.5) is 0 Å².